The molecule has 0 atom stereocenters. The molecule has 0 spiro atoms. The van der Waals surface area contributed by atoms with Gasteiger partial charge in [0.05, 0.1) is 18.3 Å². The monoisotopic (exact) mass is 302 g/mol. The van der Waals surface area contributed by atoms with Crippen LogP contribution in [-0.4, -0.2) is 26.8 Å². The molecule has 3 aromatic rings. The van der Waals surface area contributed by atoms with Gasteiger partial charge in [-0.3, -0.25) is 4.79 Å². The molecule has 7 nitrogen and oxygen atoms in total. The molecule has 3 rings (SSSR count). The predicted molar refractivity (Wildman–Crippen MR) is 75.1 cm³/mol. The maximum Gasteiger partial charge on any atom is 0.227 e. The van der Waals surface area contributed by atoms with E-state index in [0.717, 1.165) is 11.8 Å². The Labute approximate surface area is 123 Å². The number of primary amides is 1. The normalized spacial score (nSPS) is 10.7. The Morgan fingerprint density at radius 3 is 2.33 bits per heavy atom. The number of rotatable bonds is 5. The summed E-state index contributed by atoms with van der Waals surface area (Å²) >= 11 is 1.11. The van der Waals surface area contributed by atoms with Crippen LogP contribution in [-0.2, 0) is 4.79 Å². The lowest BCUT2D eigenvalue weighted by atomic mass is 10.2. The second-order valence-corrected chi connectivity index (χ2v) is 4.94. The molecular weight excluding hydrogens is 292 g/mol. The lowest BCUT2D eigenvalue weighted by Gasteiger charge is -2.04. The van der Waals surface area contributed by atoms with Crippen LogP contribution >= 0.6 is 11.8 Å². The van der Waals surface area contributed by atoms with Gasteiger partial charge in [0.25, 0.3) is 0 Å². The zero-order valence-corrected chi connectivity index (χ0v) is 11.5. The fourth-order valence-corrected chi connectivity index (χ4v) is 2.20. The van der Waals surface area contributed by atoms with Gasteiger partial charge in [-0.05, 0) is 24.3 Å². The predicted octanol–water partition coefficient (Wildman–Crippen LogP) is 1.97. The van der Waals surface area contributed by atoms with Crippen LogP contribution < -0.4 is 5.73 Å². The molecule has 3 aromatic heterocycles. The number of nitrogens with zero attached hydrogens (tertiary/aromatic N) is 3. The van der Waals surface area contributed by atoms with Gasteiger partial charge >= 0.3 is 0 Å². The molecule has 0 aromatic carbocycles. The van der Waals surface area contributed by atoms with Crippen LogP contribution in [0.2, 0.25) is 0 Å². The van der Waals surface area contributed by atoms with E-state index in [0.29, 0.717) is 28.1 Å². The SMILES string of the molecule is NC(=O)CSc1nnc(-c2ccco2)c(-c2ccco2)n1. The largest absolute Gasteiger partial charge is 0.463 e. The summed E-state index contributed by atoms with van der Waals surface area (Å²) in [5.41, 5.74) is 6.08. The molecule has 21 heavy (non-hydrogen) atoms. The first-order valence-electron chi connectivity index (χ1n) is 5.97. The third kappa shape index (κ3) is 2.95. The number of hydrogen-bond acceptors (Lipinski definition) is 7. The van der Waals surface area contributed by atoms with Crippen LogP contribution in [0.3, 0.4) is 0 Å². The highest BCUT2D eigenvalue weighted by Gasteiger charge is 2.17. The maximum atomic E-state index is 10.8. The fraction of sp³-hybridized carbons (Fsp3) is 0.0769. The number of aromatic nitrogens is 3. The highest BCUT2D eigenvalue weighted by Crippen LogP contribution is 2.30. The van der Waals surface area contributed by atoms with Crippen molar-refractivity contribution in [3.05, 3.63) is 36.8 Å². The minimum atomic E-state index is -0.446. The summed E-state index contributed by atoms with van der Waals surface area (Å²) in [7, 11) is 0. The molecule has 3 heterocycles. The lowest BCUT2D eigenvalue weighted by Crippen LogP contribution is -2.13. The third-order valence-electron chi connectivity index (χ3n) is 2.52. The van der Waals surface area contributed by atoms with Gasteiger partial charge in [-0.15, -0.1) is 10.2 Å². The van der Waals surface area contributed by atoms with E-state index in [2.05, 4.69) is 15.2 Å². The lowest BCUT2D eigenvalue weighted by molar-refractivity contribution is -0.115. The highest BCUT2D eigenvalue weighted by molar-refractivity contribution is 7.99. The molecule has 0 saturated heterocycles. The first kappa shape index (κ1) is 13.4. The molecular formula is C13H10N4O3S. The van der Waals surface area contributed by atoms with Crippen molar-refractivity contribution in [3.8, 4) is 22.9 Å². The number of furan rings is 2. The first-order valence-corrected chi connectivity index (χ1v) is 6.96. The standard InChI is InChI=1S/C13H10N4O3S/c14-10(18)7-21-13-15-11(8-3-1-5-19-8)12(16-17-13)9-4-2-6-20-9/h1-6H,7H2,(H2,14,18). The van der Waals surface area contributed by atoms with E-state index < -0.39 is 5.91 Å². The van der Waals surface area contributed by atoms with E-state index >= 15 is 0 Å². The molecule has 0 bridgehead atoms. The van der Waals surface area contributed by atoms with E-state index in [-0.39, 0.29) is 5.75 Å². The molecule has 8 heteroatoms. The van der Waals surface area contributed by atoms with E-state index in [1.807, 2.05) is 0 Å². The summed E-state index contributed by atoms with van der Waals surface area (Å²) in [6.45, 7) is 0. The number of thioether (sulfide) groups is 1. The Morgan fingerprint density at radius 2 is 1.76 bits per heavy atom. The Morgan fingerprint density at radius 1 is 1.10 bits per heavy atom. The number of amides is 1. The van der Waals surface area contributed by atoms with Crippen LogP contribution in [0.4, 0.5) is 0 Å². The average Bonchev–Trinajstić information content (AvgIpc) is 3.17. The summed E-state index contributed by atoms with van der Waals surface area (Å²) < 4.78 is 10.7. The Kier molecular flexibility index (Phi) is 3.69. The summed E-state index contributed by atoms with van der Waals surface area (Å²) in [6.07, 6.45) is 3.08. The van der Waals surface area contributed by atoms with Crippen molar-refractivity contribution in [1.29, 1.82) is 0 Å². The fourth-order valence-electron chi connectivity index (χ4n) is 1.67. The van der Waals surface area contributed by atoms with Gasteiger partial charge in [0.1, 0.15) is 5.69 Å². The molecule has 0 aliphatic heterocycles. The van der Waals surface area contributed by atoms with Gasteiger partial charge in [0.2, 0.25) is 11.1 Å². The Bertz CT molecular complexity index is 741. The van der Waals surface area contributed by atoms with E-state index in [4.69, 9.17) is 14.6 Å². The minimum absolute atomic E-state index is 0.0827. The second-order valence-electron chi connectivity index (χ2n) is 4.00. The molecule has 1 amide bonds. The minimum Gasteiger partial charge on any atom is -0.463 e. The van der Waals surface area contributed by atoms with E-state index in [9.17, 15) is 4.79 Å². The van der Waals surface area contributed by atoms with E-state index in [1.54, 1.807) is 36.8 Å². The number of hydrogen-bond donors (Lipinski definition) is 1. The van der Waals surface area contributed by atoms with Crippen LogP contribution in [0, 0.1) is 0 Å². The third-order valence-corrected chi connectivity index (χ3v) is 3.38. The van der Waals surface area contributed by atoms with Crippen molar-refractivity contribution < 1.29 is 13.6 Å². The Hall–Kier alpha value is -2.61. The second kappa shape index (κ2) is 5.80. The van der Waals surface area contributed by atoms with Crippen molar-refractivity contribution in [2.75, 3.05) is 5.75 Å². The van der Waals surface area contributed by atoms with E-state index in [1.165, 1.54) is 0 Å². The zero-order valence-electron chi connectivity index (χ0n) is 10.7. The topological polar surface area (TPSA) is 108 Å². The zero-order chi connectivity index (χ0) is 14.7. The molecule has 106 valence electrons. The van der Waals surface area contributed by atoms with Crippen LogP contribution in [0.15, 0.2) is 50.8 Å². The van der Waals surface area contributed by atoms with Crippen LogP contribution in [0.5, 0.6) is 0 Å². The first-order chi connectivity index (χ1) is 10.2. The van der Waals surface area contributed by atoms with Crippen molar-refractivity contribution in [1.82, 2.24) is 15.2 Å². The average molecular weight is 302 g/mol. The van der Waals surface area contributed by atoms with Crippen LogP contribution in [0.1, 0.15) is 0 Å². The van der Waals surface area contributed by atoms with Gasteiger partial charge < -0.3 is 14.6 Å². The summed E-state index contributed by atoms with van der Waals surface area (Å²) in [4.78, 5) is 15.2. The summed E-state index contributed by atoms with van der Waals surface area (Å²) in [5, 5.41) is 8.43. The quantitative estimate of drug-likeness (QED) is 0.718. The number of carbonyl (C=O) groups excluding carboxylic acids is 1. The molecule has 0 unspecified atom stereocenters. The summed E-state index contributed by atoms with van der Waals surface area (Å²) in [5.74, 6) is 0.711. The molecule has 0 aliphatic carbocycles. The van der Waals surface area contributed by atoms with Gasteiger partial charge in [0, 0.05) is 0 Å². The van der Waals surface area contributed by atoms with Crippen molar-refractivity contribution in [2.24, 2.45) is 5.73 Å². The molecule has 0 saturated carbocycles. The molecule has 0 radical (unpaired) electrons. The van der Waals surface area contributed by atoms with Crippen molar-refractivity contribution in [3.63, 3.8) is 0 Å². The molecule has 0 aliphatic rings. The smallest absolute Gasteiger partial charge is 0.227 e. The van der Waals surface area contributed by atoms with Gasteiger partial charge in [-0.2, -0.15) is 0 Å². The number of carbonyl (C=O) groups is 1. The Balaban J connectivity index is 2.03. The number of nitrogens with two attached hydrogens (primary N) is 1. The van der Waals surface area contributed by atoms with Crippen molar-refractivity contribution in [2.45, 2.75) is 5.16 Å². The van der Waals surface area contributed by atoms with Gasteiger partial charge in [0.15, 0.2) is 17.2 Å². The molecule has 0 fully saturated rings. The highest BCUT2D eigenvalue weighted by atomic mass is 32.2. The maximum absolute atomic E-state index is 10.8. The molecule has 2 N–H and O–H groups in total. The van der Waals surface area contributed by atoms with Crippen LogP contribution in [0.25, 0.3) is 22.9 Å². The van der Waals surface area contributed by atoms with Gasteiger partial charge in [-0.25, -0.2) is 4.98 Å². The summed E-state index contributed by atoms with van der Waals surface area (Å²) in [6, 6.07) is 7.02. The van der Waals surface area contributed by atoms with Gasteiger partial charge in [-0.1, -0.05) is 11.8 Å². The van der Waals surface area contributed by atoms with Crippen molar-refractivity contribution >= 4 is 17.7 Å².